The monoisotopic (exact) mass is 253 g/mol. The molecule has 0 radical (unpaired) electrons. The van der Waals surface area contributed by atoms with Crippen molar-refractivity contribution in [1.82, 2.24) is 0 Å². The molecule has 0 saturated heterocycles. The third-order valence-electron chi connectivity index (χ3n) is 2.49. The van der Waals surface area contributed by atoms with Crippen molar-refractivity contribution in [1.29, 1.82) is 0 Å². The predicted octanol–water partition coefficient (Wildman–Crippen LogP) is 2.22. The Morgan fingerprint density at radius 2 is 1.83 bits per heavy atom. The lowest BCUT2D eigenvalue weighted by Crippen LogP contribution is -2.25. The molecule has 0 fully saturated rings. The van der Waals surface area contributed by atoms with Crippen molar-refractivity contribution in [2.75, 3.05) is 26.4 Å². The zero-order chi connectivity index (χ0) is 13.2. The first-order chi connectivity index (χ1) is 8.80. The predicted molar refractivity (Wildman–Crippen MR) is 72.2 cm³/mol. The van der Waals surface area contributed by atoms with Crippen molar-refractivity contribution in [3.05, 3.63) is 24.3 Å². The Bertz CT molecular complexity index is 331. The van der Waals surface area contributed by atoms with Gasteiger partial charge in [-0.1, -0.05) is 6.07 Å². The molecule has 4 nitrogen and oxygen atoms in total. The lowest BCUT2D eigenvalue weighted by Gasteiger charge is -2.15. The molecule has 0 bridgehead atoms. The average molecular weight is 253 g/mol. The van der Waals surface area contributed by atoms with E-state index < -0.39 is 0 Å². The molecule has 102 valence electrons. The average Bonchev–Trinajstić information content (AvgIpc) is 2.38. The van der Waals surface area contributed by atoms with Crippen LogP contribution in [0.15, 0.2) is 24.3 Å². The molecule has 0 amide bonds. The highest BCUT2D eigenvalue weighted by atomic mass is 16.5. The molecule has 0 aliphatic heterocycles. The maximum absolute atomic E-state index is 5.66. The fraction of sp³-hybridized carbons (Fsp3) is 0.571. The number of nitrogens with two attached hydrogens (primary N) is 1. The summed E-state index contributed by atoms with van der Waals surface area (Å²) >= 11 is 0. The zero-order valence-electron chi connectivity index (χ0n) is 11.2. The molecule has 18 heavy (non-hydrogen) atoms. The van der Waals surface area contributed by atoms with E-state index >= 15 is 0 Å². The van der Waals surface area contributed by atoms with Gasteiger partial charge in [0.15, 0.2) is 0 Å². The van der Waals surface area contributed by atoms with Crippen molar-refractivity contribution in [3.63, 3.8) is 0 Å². The van der Waals surface area contributed by atoms with Gasteiger partial charge in [-0.25, -0.2) is 0 Å². The summed E-state index contributed by atoms with van der Waals surface area (Å²) in [4.78, 5) is 0. The highest BCUT2D eigenvalue weighted by molar-refractivity contribution is 5.32. The van der Waals surface area contributed by atoms with Crippen molar-refractivity contribution in [2.24, 2.45) is 5.73 Å². The Kier molecular flexibility index (Phi) is 7.22. The second-order valence-corrected chi connectivity index (χ2v) is 3.86. The van der Waals surface area contributed by atoms with Crippen molar-refractivity contribution >= 4 is 0 Å². The molecule has 1 aromatic rings. The molecule has 0 aliphatic rings. The topological polar surface area (TPSA) is 53.7 Å². The highest BCUT2D eigenvalue weighted by Crippen LogP contribution is 2.19. The van der Waals surface area contributed by atoms with Crippen LogP contribution in [0.1, 0.15) is 20.3 Å². The molecule has 0 saturated carbocycles. The molecule has 2 N–H and O–H groups in total. The van der Waals surface area contributed by atoms with Gasteiger partial charge in [0.25, 0.3) is 0 Å². The summed E-state index contributed by atoms with van der Waals surface area (Å²) in [5.74, 6) is 1.64. The van der Waals surface area contributed by atoms with E-state index in [2.05, 4.69) is 0 Å². The summed E-state index contributed by atoms with van der Waals surface area (Å²) in [5.41, 5.74) is 5.60. The first-order valence-corrected chi connectivity index (χ1v) is 6.47. The van der Waals surface area contributed by atoms with Crippen LogP contribution in [0.25, 0.3) is 0 Å². The fourth-order valence-electron chi connectivity index (χ4n) is 1.63. The SMILES string of the molecule is CCOc1cccc(OCCC(CN)OCC)c1. The van der Waals surface area contributed by atoms with E-state index in [9.17, 15) is 0 Å². The minimum absolute atomic E-state index is 0.0741. The first kappa shape index (κ1) is 14.8. The van der Waals surface area contributed by atoms with E-state index in [1.807, 2.05) is 38.1 Å². The normalized spacial score (nSPS) is 12.2. The third kappa shape index (κ3) is 5.38. The maximum atomic E-state index is 5.66. The van der Waals surface area contributed by atoms with Crippen molar-refractivity contribution < 1.29 is 14.2 Å². The summed E-state index contributed by atoms with van der Waals surface area (Å²) < 4.78 is 16.5. The molecular formula is C14H23NO3. The van der Waals surface area contributed by atoms with E-state index in [0.717, 1.165) is 17.9 Å². The van der Waals surface area contributed by atoms with Crippen LogP contribution in [0.5, 0.6) is 11.5 Å². The van der Waals surface area contributed by atoms with Gasteiger partial charge >= 0.3 is 0 Å². The van der Waals surface area contributed by atoms with Gasteiger partial charge in [-0.3, -0.25) is 0 Å². The number of hydrogen-bond acceptors (Lipinski definition) is 4. The molecule has 0 aromatic heterocycles. The van der Waals surface area contributed by atoms with Crippen molar-refractivity contribution in [2.45, 2.75) is 26.4 Å². The maximum Gasteiger partial charge on any atom is 0.122 e. The minimum Gasteiger partial charge on any atom is -0.494 e. The molecule has 1 unspecified atom stereocenters. The second-order valence-electron chi connectivity index (χ2n) is 3.86. The second kappa shape index (κ2) is 8.78. The van der Waals surface area contributed by atoms with E-state index in [4.69, 9.17) is 19.9 Å². The molecule has 1 rings (SSSR count). The Labute approximate surface area is 109 Å². The van der Waals surface area contributed by atoms with Gasteiger partial charge in [0, 0.05) is 25.6 Å². The van der Waals surface area contributed by atoms with Crippen molar-refractivity contribution in [3.8, 4) is 11.5 Å². The number of rotatable bonds is 9. The van der Waals surface area contributed by atoms with E-state index in [-0.39, 0.29) is 6.10 Å². The Morgan fingerprint density at radius 1 is 1.11 bits per heavy atom. The zero-order valence-corrected chi connectivity index (χ0v) is 11.2. The lowest BCUT2D eigenvalue weighted by molar-refractivity contribution is 0.0527. The van der Waals surface area contributed by atoms with Crippen LogP contribution in [-0.2, 0) is 4.74 Å². The number of ether oxygens (including phenoxy) is 3. The smallest absolute Gasteiger partial charge is 0.122 e. The number of benzene rings is 1. The summed E-state index contributed by atoms with van der Waals surface area (Å²) in [6.07, 6.45) is 0.869. The molecular weight excluding hydrogens is 230 g/mol. The molecule has 1 atom stereocenters. The van der Waals surface area contributed by atoms with Gasteiger partial charge in [-0.05, 0) is 26.0 Å². The van der Waals surface area contributed by atoms with E-state index in [0.29, 0.717) is 26.4 Å². The largest absolute Gasteiger partial charge is 0.494 e. The van der Waals surface area contributed by atoms with Gasteiger partial charge in [0.2, 0.25) is 0 Å². The number of hydrogen-bond donors (Lipinski definition) is 1. The quantitative estimate of drug-likeness (QED) is 0.733. The minimum atomic E-state index is 0.0741. The van der Waals surface area contributed by atoms with Crippen LogP contribution >= 0.6 is 0 Å². The van der Waals surface area contributed by atoms with Crippen LogP contribution in [0.3, 0.4) is 0 Å². The van der Waals surface area contributed by atoms with Gasteiger partial charge in [0.1, 0.15) is 11.5 Å². The first-order valence-electron chi connectivity index (χ1n) is 6.47. The Balaban J connectivity index is 2.36. The van der Waals surface area contributed by atoms with Gasteiger partial charge in [-0.15, -0.1) is 0 Å². The molecule has 4 heteroatoms. The summed E-state index contributed by atoms with van der Waals surface area (Å²) in [6, 6.07) is 7.64. The Morgan fingerprint density at radius 3 is 2.44 bits per heavy atom. The van der Waals surface area contributed by atoms with Crippen LogP contribution in [0.2, 0.25) is 0 Å². The highest BCUT2D eigenvalue weighted by Gasteiger charge is 2.06. The lowest BCUT2D eigenvalue weighted by atomic mass is 10.2. The van der Waals surface area contributed by atoms with E-state index in [1.165, 1.54) is 0 Å². The third-order valence-corrected chi connectivity index (χ3v) is 2.49. The summed E-state index contributed by atoms with van der Waals surface area (Å²) in [5, 5.41) is 0. The van der Waals surface area contributed by atoms with Gasteiger partial charge < -0.3 is 19.9 Å². The molecule has 1 aromatic carbocycles. The molecule has 0 heterocycles. The summed E-state index contributed by atoms with van der Waals surface area (Å²) in [6.45, 7) is 6.38. The van der Waals surface area contributed by atoms with Gasteiger partial charge in [-0.2, -0.15) is 0 Å². The van der Waals surface area contributed by atoms with Crippen LogP contribution in [0.4, 0.5) is 0 Å². The van der Waals surface area contributed by atoms with Gasteiger partial charge in [0.05, 0.1) is 19.3 Å². The standard InChI is InChI=1S/C14H23NO3/c1-3-16-12-6-5-7-13(10-12)18-9-8-14(11-15)17-4-2/h5-7,10,14H,3-4,8-9,11,15H2,1-2H3. The van der Waals surface area contributed by atoms with Crippen LogP contribution < -0.4 is 15.2 Å². The van der Waals surface area contributed by atoms with Crippen LogP contribution in [0, 0.1) is 0 Å². The molecule has 0 aliphatic carbocycles. The fourth-order valence-corrected chi connectivity index (χ4v) is 1.63. The Hall–Kier alpha value is -1.26. The molecule has 0 spiro atoms. The van der Waals surface area contributed by atoms with E-state index in [1.54, 1.807) is 0 Å². The summed E-state index contributed by atoms with van der Waals surface area (Å²) in [7, 11) is 0. The van der Waals surface area contributed by atoms with Crippen LogP contribution in [-0.4, -0.2) is 32.5 Å².